The summed E-state index contributed by atoms with van der Waals surface area (Å²) in [5.41, 5.74) is 1.32. The van der Waals surface area contributed by atoms with Crippen LogP contribution in [0, 0.1) is 0 Å². The van der Waals surface area contributed by atoms with Gasteiger partial charge in [0.1, 0.15) is 17.1 Å². The minimum atomic E-state index is -3.71. The predicted molar refractivity (Wildman–Crippen MR) is 124 cm³/mol. The van der Waals surface area contributed by atoms with Gasteiger partial charge in [0.2, 0.25) is 10.0 Å². The molecule has 1 N–H and O–H groups in total. The summed E-state index contributed by atoms with van der Waals surface area (Å²) < 4.78 is 35.5. The van der Waals surface area contributed by atoms with Crippen molar-refractivity contribution in [1.29, 1.82) is 0 Å². The first kappa shape index (κ1) is 21.6. The number of aromatic amines is 1. The van der Waals surface area contributed by atoms with Gasteiger partial charge >= 0.3 is 0 Å². The molecule has 33 heavy (non-hydrogen) atoms. The SMILES string of the molecule is CCOc1ccc(S(=O)(=O)N2CCN(C)CC2)cc1-c1nc2c(nn3ccccc23)c(=O)[nH]1. The Morgan fingerprint density at radius 1 is 1.09 bits per heavy atom. The number of sulfonamides is 1. The number of hydrogen-bond acceptors (Lipinski definition) is 7. The Balaban J connectivity index is 1.66. The van der Waals surface area contributed by atoms with Gasteiger partial charge in [0.05, 0.1) is 22.6 Å². The standard InChI is InChI=1S/C22H24N6O4S/c1-3-32-18-8-7-15(33(30,31)27-12-10-26(2)11-13-27)14-16(18)21-23-19-17-6-4-5-9-28(17)25-20(19)22(29)24-21/h4-9,14H,3,10-13H2,1-2H3,(H,23,24,29). The van der Waals surface area contributed by atoms with E-state index in [-0.39, 0.29) is 16.2 Å². The van der Waals surface area contributed by atoms with Crippen molar-refractivity contribution in [2.45, 2.75) is 11.8 Å². The summed E-state index contributed by atoms with van der Waals surface area (Å²) in [6, 6.07) is 10.1. The van der Waals surface area contributed by atoms with E-state index in [0.717, 1.165) is 0 Å². The third-order valence-electron chi connectivity index (χ3n) is 5.79. The summed E-state index contributed by atoms with van der Waals surface area (Å²) >= 11 is 0. The summed E-state index contributed by atoms with van der Waals surface area (Å²) in [7, 11) is -1.74. The highest BCUT2D eigenvalue weighted by Crippen LogP contribution is 2.32. The summed E-state index contributed by atoms with van der Waals surface area (Å²) in [5, 5.41) is 4.31. The number of nitrogens with zero attached hydrogens (tertiary/aromatic N) is 5. The molecule has 172 valence electrons. The number of hydrogen-bond donors (Lipinski definition) is 1. The number of benzene rings is 1. The van der Waals surface area contributed by atoms with Crippen molar-refractivity contribution in [3.8, 4) is 17.1 Å². The first-order chi connectivity index (χ1) is 15.9. The van der Waals surface area contributed by atoms with E-state index in [1.54, 1.807) is 16.8 Å². The molecule has 1 aliphatic rings. The van der Waals surface area contributed by atoms with Crippen LogP contribution in [0.15, 0.2) is 52.3 Å². The van der Waals surface area contributed by atoms with Crippen LogP contribution in [0.5, 0.6) is 5.75 Å². The molecule has 0 saturated carbocycles. The van der Waals surface area contributed by atoms with E-state index in [4.69, 9.17) is 4.74 Å². The van der Waals surface area contributed by atoms with Crippen molar-refractivity contribution in [2.24, 2.45) is 0 Å². The molecular formula is C22H24N6O4S. The van der Waals surface area contributed by atoms with Crippen molar-refractivity contribution in [3.63, 3.8) is 0 Å². The van der Waals surface area contributed by atoms with Crippen molar-refractivity contribution >= 4 is 26.6 Å². The Labute approximate surface area is 190 Å². The van der Waals surface area contributed by atoms with Gasteiger partial charge in [-0.25, -0.2) is 17.9 Å². The van der Waals surface area contributed by atoms with Gasteiger partial charge in [-0.05, 0) is 44.3 Å². The maximum atomic E-state index is 13.3. The molecule has 1 saturated heterocycles. The zero-order valence-corrected chi connectivity index (χ0v) is 19.2. The highest BCUT2D eigenvalue weighted by molar-refractivity contribution is 7.89. The van der Waals surface area contributed by atoms with Crippen LogP contribution in [0.4, 0.5) is 0 Å². The molecule has 4 heterocycles. The average Bonchev–Trinajstić information content (AvgIpc) is 3.19. The van der Waals surface area contributed by atoms with E-state index in [0.29, 0.717) is 55.1 Å². The van der Waals surface area contributed by atoms with Gasteiger partial charge in [-0.15, -0.1) is 0 Å². The number of aromatic nitrogens is 4. The van der Waals surface area contributed by atoms with Gasteiger partial charge in [0.25, 0.3) is 5.56 Å². The number of H-pyrrole nitrogens is 1. The fourth-order valence-electron chi connectivity index (χ4n) is 4.00. The molecule has 0 aliphatic carbocycles. The molecule has 0 radical (unpaired) electrons. The second-order valence-corrected chi connectivity index (χ2v) is 9.88. The number of nitrogens with one attached hydrogen (secondary N) is 1. The summed E-state index contributed by atoms with van der Waals surface area (Å²) in [6.45, 7) is 4.40. The van der Waals surface area contributed by atoms with Crippen molar-refractivity contribution in [2.75, 3.05) is 39.8 Å². The van der Waals surface area contributed by atoms with Gasteiger partial charge in [0, 0.05) is 32.4 Å². The first-order valence-corrected chi connectivity index (χ1v) is 12.2. The molecule has 3 aromatic heterocycles. The van der Waals surface area contributed by atoms with Crippen LogP contribution in [0.25, 0.3) is 27.9 Å². The molecule has 10 nitrogen and oxygen atoms in total. The zero-order chi connectivity index (χ0) is 23.2. The number of likely N-dealkylation sites (N-methyl/N-ethyl adjacent to an activating group) is 1. The highest BCUT2D eigenvalue weighted by atomic mass is 32.2. The minimum absolute atomic E-state index is 0.133. The monoisotopic (exact) mass is 468 g/mol. The lowest BCUT2D eigenvalue weighted by molar-refractivity contribution is 0.222. The largest absolute Gasteiger partial charge is 0.493 e. The second-order valence-electron chi connectivity index (χ2n) is 7.94. The van der Waals surface area contributed by atoms with E-state index in [9.17, 15) is 13.2 Å². The highest BCUT2D eigenvalue weighted by Gasteiger charge is 2.28. The molecule has 1 aliphatic heterocycles. The molecule has 0 unspecified atom stereocenters. The number of rotatable bonds is 5. The molecule has 11 heteroatoms. The molecule has 4 aromatic rings. The molecule has 0 bridgehead atoms. The van der Waals surface area contributed by atoms with E-state index >= 15 is 0 Å². The van der Waals surface area contributed by atoms with Gasteiger partial charge in [-0.1, -0.05) is 6.07 Å². The molecule has 5 rings (SSSR count). The maximum absolute atomic E-state index is 13.3. The average molecular weight is 469 g/mol. The summed E-state index contributed by atoms with van der Waals surface area (Å²) in [4.78, 5) is 22.5. The van der Waals surface area contributed by atoms with Crippen LogP contribution < -0.4 is 10.3 Å². The lowest BCUT2D eigenvalue weighted by Crippen LogP contribution is -2.47. The number of piperazine rings is 1. The minimum Gasteiger partial charge on any atom is -0.493 e. The lowest BCUT2D eigenvalue weighted by atomic mass is 10.2. The van der Waals surface area contributed by atoms with Crippen molar-refractivity contribution < 1.29 is 13.2 Å². The summed E-state index contributed by atoms with van der Waals surface area (Å²) in [6.07, 6.45) is 1.74. The van der Waals surface area contributed by atoms with Gasteiger partial charge in [0.15, 0.2) is 5.52 Å². The van der Waals surface area contributed by atoms with E-state index in [1.165, 1.54) is 16.4 Å². The van der Waals surface area contributed by atoms with E-state index in [1.807, 2.05) is 32.2 Å². The zero-order valence-electron chi connectivity index (χ0n) is 18.4. The van der Waals surface area contributed by atoms with Crippen molar-refractivity contribution in [3.05, 3.63) is 52.9 Å². The lowest BCUT2D eigenvalue weighted by Gasteiger charge is -2.31. The van der Waals surface area contributed by atoms with Crippen LogP contribution in [0.2, 0.25) is 0 Å². The Kier molecular flexibility index (Phi) is 5.39. The number of ether oxygens (including phenoxy) is 1. The summed E-state index contributed by atoms with van der Waals surface area (Å²) in [5.74, 6) is 0.666. The number of fused-ring (bicyclic) bond motifs is 3. The van der Waals surface area contributed by atoms with E-state index in [2.05, 4.69) is 20.0 Å². The molecule has 1 fully saturated rings. The van der Waals surface area contributed by atoms with Crippen molar-refractivity contribution in [1.82, 2.24) is 28.8 Å². The first-order valence-electron chi connectivity index (χ1n) is 10.7. The third-order valence-corrected chi connectivity index (χ3v) is 7.69. The molecular weight excluding hydrogens is 444 g/mol. The van der Waals surface area contributed by atoms with E-state index < -0.39 is 15.6 Å². The topological polar surface area (TPSA) is 113 Å². The molecule has 0 atom stereocenters. The smallest absolute Gasteiger partial charge is 0.279 e. The second kappa shape index (κ2) is 8.25. The fourth-order valence-corrected chi connectivity index (χ4v) is 5.45. The van der Waals surface area contributed by atoms with Crippen LogP contribution in [0.1, 0.15) is 6.92 Å². The Morgan fingerprint density at radius 3 is 2.64 bits per heavy atom. The molecule has 0 spiro atoms. The normalized spacial score (nSPS) is 15.9. The Hall–Kier alpha value is -3.28. The van der Waals surface area contributed by atoms with Crippen LogP contribution in [-0.2, 0) is 10.0 Å². The molecule has 0 amide bonds. The maximum Gasteiger partial charge on any atom is 0.279 e. The van der Waals surface area contributed by atoms with Crippen LogP contribution >= 0.6 is 0 Å². The van der Waals surface area contributed by atoms with Gasteiger partial charge < -0.3 is 14.6 Å². The van der Waals surface area contributed by atoms with Crippen LogP contribution in [0.3, 0.4) is 0 Å². The fraction of sp³-hybridized carbons (Fsp3) is 0.318. The van der Waals surface area contributed by atoms with Gasteiger partial charge in [-0.3, -0.25) is 4.79 Å². The Morgan fingerprint density at radius 2 is 1.88 bits per heavy atom. The molecule has 1 aromatic carbocycles. The quantitative estimate of drug-likeness (QED) is 0.473. The van der Waals surface area contributed by atoms with Gasteiger partial charge in [-0.2, -0.15) is 9.40 Å². The third kappa shape index (κ3) is 3.77. The Bertz CT molecular complexity index is 1500. The number of pyridine rings is 1. The predicted octanol–water partition coefficient (Wildman–Crippen LogP) is 1.57. The van der Waals surface area contributed by atoms with Crippen LogP contribution in [-0.4, -0.2) is 77.0 Å².